The van der Waals surface area contributed by atoms with E-state index in [-0.39, 0.29) is 0 Å². The van der Waals surface area contributed by atoms with Crippen LogP contribution < -0.4 is 0 Å². The summed E-state index contributed by atoms with van der Waals surface area (Å²) < 4.78 is 0. The highest BCUT2D eigenvalue weighted by atomic mass is 14.3. The van der Waals surface area contributed by atoms with Crippen LogP contribution in [0.3, 0.4) is 0 Å². The van der Waals surface area contributed by atoms with E-state index in [1.165, 1.54) is 60.8 Å². The van der Waals surface area contributed by atoms with Crippen molar-refractivity contribution in [2.75, 3.05) is 0 Å². The van der Waals surface area contributed by atoms with E-state index in [0.29, 0.717) is 5.92 Å². The maximum Gasteiger partial charge on any atom is 0.0281 e. The molecule has 0 N–H and O–H groups in total. The fourth-order valence-electron chi connectivity index (χ4n) is 4.89. The van der Waals surface area contributed by atoms with Gasteiger partial charge in [-0.25, -0.2) is 0 Å². The number of fused-ring (bicyclic) bond motifs is 2. The van der Waals surface area contributed by atoms with Crippen molar-refractivity contribution in [2.24, 2.45) is 0 Å². The number of hydrogen-bond donors (Lipinski definition) is 0. The molecule has 1 aliphatic carbocycles. The SMILES string of the molecule is Cc1ccc(-c2c(C)c(C3C=Cc4ccccc43)cc3ccccc23)c(C)c1C. The Kier molecular flexibility index (Phi) is 4.17. The van der Waals surface area contributed by atoms with E-state index < -0.39 is 0 Å². The van der Waals surface area contributed by atoms with Crippen LogP contribution >= 0.6 is 0 Å². The third-order valence-corrected chi connectivity index (χ3v) is 6.81. The van der Waals surface area contributed by atoms with E-state index in [1.807, 2.05) is 0 Å². The Morgan fingerprint density at radius 1 is 0.655 bits per heavy atom. The molecule has 0 saturated carbocycles. The highest BCUT2D eigenvalue weighted by Crippen LogP contribution is 2.43. The summed E-state index contributed by atoms with van der Waals surface area (Å²) in [4.78, 5) is 0. The Morgan fingerprint density at radius 2 is 1.41 bits per heavy atom. The summed E-state index contributed by atoms with van der Waals surface area (Å²) >= 11 is 0. The molecule has 1 atom stereocenters. The maximum atomic E-state index is 2.40. The highest BCUT2D eigenvalue weighted by molar-refractivity contribution is 6.00. The average Bonchev–Trinajstić information content (AvgIpc) is 3.17. The molecule has 0 amide bonds. The van der Waals surface area contributed by atoms with Gasteiger partial charge in [-0.05, 0) is 94.6 Å². The van der Waals surface area contributed by atoms with Crippen LogP contribution in [0.1, 0.15) is 44.9 Å². The molecule has 0 aliphatic heterocycles. The molecule has 0 fully saturated rings. The zero-order valence-corrected chi connectivity index (χ0v) is 17.6. The fourth-order valence-corrected chi connectivity index (χ4v) is 4.89. The number of benzene rings is 4. The van der Waals surface area contributed by atoms with Gasteiger partial charge in [-0.2, -0.15) is 0 Å². The van der Waals surface area contributed by atoms with E-state index in [4.69, 9.17) is 0 Å². The molecule has 142 valence electrons. The van der Waals surface area contributed by atoms with Gasteiger partial charge in [-0.3, -0.25) is 0 Å². The van der Waals surface area contributed by atoms with Gasteiger partial charge >= 0.3 is 0 Å². The lowest BCUT2D eigenvalue weighted by atomic mass is 9.82. The first-order valence-corrected chi connectivity index (χ1v) is 10.4. The summed E-state index contributed by atoms with van der Waals surface area (Å²) in [7, 11) is 0. The van der Waals surface area contributed by atoms with Crippen molar-refractivity contribution in [3.63, 3.8) is 0 Å². The molecular weight excluding hydrogens is 348 g/mol. The van der Waals surface area contributed by atoms with Crippen molar-refractivity contribution in [1.82, 2.24) is 0 Å². The second kappa shape index (κ2) is 6.74. The van der Waals surface area contributed by atoms with Crippen LogP contribution in [-0.2, 0) is 0 Å². The lowest BCUT2D eigenvalue weighted by Crippen LogP contribution is -2.02. The Labute approximate surface area is 173 Å². The maximum absolute atomic E-state index is 2.40. The summed E-state index contributed by atoms with van der Waals surface area (Å²) in [6, 6.07) is 24.6. The third-order valence-electron chi connectivity index (χ3n) is 6.81. The molecule has 0 bridgehead atoms. The Balaban J connectivity index is 1.83. The molecule has 0 spiro atoms. The van der Waals surface area contributed by atoms with Crippen molar-refractivity contribution in [3.05, 3.63) is 112 Å². The van der Waals surface area contributed by atoms with Crippen LogP contribution in [0.25, 0.3) is 28.0 Å². The number of aryl methyl sites for hydroxylation is 1. The second-order valence-electron chi connectivity index (χ2n) is 8.33. The first kappa shape index (κ1) is 17.9. The molecular formula is C29H26. The van der Waals surface area contributed by atoms with Gasteiger partial charge in [0.15, 0.2) is 0 Å². The van der Waals surface area contributed by atoms with Crippen LogP contribution in [0.4, 0.5) is 0 Å². The van der Waals surface area contributed by atoms with E-state index in [2.05, 4.69) is 107 Å². The predicted molar refractivity (Wildman–Crippen MR) is 126 cm³/mol. The molecule has 0 saturated heterocycles. The normalized spacial score (nSPS) is 15.1. The van der Waals surface area contributed by atoms with Crippen molar-refractivity contribution >= 4 is 16.8 Å². The van der Waals surface area contributed by atoms with Gasteiger partial charge in [0, 0.05) is 5.92 Å². The summed E-state index contributed by atoms with van der Waals surface area (Å²) in [6.45, 7) is 9.02. The largest absolute Gasteiger partial charge is 0.0720 e. The summed E-state index contributed by atoms with van der Waals surface area (Å²) in [6.07, 6.45) is 4.63. The quantitative estimate of drug-likeness (QED) is 0.334. The smallest absolute Gasteiger partial charge is 0.0281 e. The van der Waals surface area contributed by atoms with Gasteiger partial charge in [-0.1, -0.05) is 72.8 Å². The summed E-state index contributed by atoms with van der Waals surface area (Å²) in [5, 5.41) is 2.66. The van der Waals surface area contributed by atoms with Gasteiger partial charge in [-0.15, -0.1) is 0 Å². The summed E-state index contributed by atoms with van der Waals surface area (Å²) in [5.74, 6) is 0.321. The molecule has 0 heteroatoms. The third kappa shape index (κ3) is 2.75. The fraction of sp³-hybridized carbons (Fsp3) is 0.172. The molecule has 4 aromatic carbocycles. The van der Waals surface area contributed by atoms with Gasteiger partial charge in [0.05, 0.1) is 0 Å². The molecule has 5 rings (SSSR count). The molecule has 29 heavy (non-hydrogen) atoms. The van der Waals surface area contributed by atoms with Gasteiger partial charge in [0.1, 0.15) is 0 Å². The van der Waals surface area contributed by atoms with Crippen LogP contribution in [0, 0.1) is 27.7 Å². The molecule has 0 heterocycles. The first-order chi connectivity index (χ1) is 14.1. The zero-order valence-electron chi connectivity index (χ0n) is 17.6. The second-order valence-corrected chi connectivity index (χ2v) is 8.33. The lowest BCUT2D eigenvalue weighted by molar-refractivity contribution is 1.03. The van der Waals surface area contributed by atoms with Crippen molar-refractivity contribution < 1.29 is 0 Å². The van der Waals surface area contributed by atoms with E-state index in [1.54, 1.807) is 0 Å². The van der Waals surface area contributed by atoms with Gasteiger partial charge in [0.2, 0.25) is 0 Å². The minimum Gasteiger partial charge on any atom is -0.0720 e. The molecule has 0 aromatic heterocycles. The lowest BCUT2D eigenvalue weighted by Gasteiger charge is -2.22. The molecule has 1 unspecified atom stereocenters. The molecule has 0 radical (unpaired) electrons. The minimum absolute atomic E-state index is 0.321. The van der Waals surface area contributed by atoms with Crippen molar-refractivity contribution in [2.45, 2.75) is 33.6 Å². The summed E-state index contributed by atoms with van der Waals surface area (Å²) in [5.41, 5.74) is 12.4. The number of allylic oxidation sites excluding steroid dienone is 1. The topological polar surface area (TPSA) is 0 Å². The van der Waals surface area contributed by atoms with E-state index >= 15 is 0 Å². The van der Waals surface area contributed by atoms with Crippen LogP contribution in [0.2, 0.25) is 0 Å². The average molecular weight is 375 g/mol. The Hall–Kier alpha value is -3.12. The van der Waals surface area contributed by atoms with Crippen LogP contribution in [0.15, 0.2) is 72.8 Å². The minimum atomic E-state index is 0.321. The van der Waals surface area contributed by atoms with Crippen LogP contribution in [0.5, 0.6) is 0 Å². The predicted octanol–water partition coefficient (Wildman–Crippen LogP) is 7.90. The Morgan fingerprint density at radius 3 is 2.28 bits per heavy atom. The number of hydrogen-bond acceptors (Lipinski definition) is 0. The highest BCUT2D eigenvalue weighted by Gasteiger charge is 2.23. The zero-order chi connectivity index (χ0) is 20.1. The van der Waals surface area contributed by atoms with Crippen molar-refractivity contribution in [1.29, 1.82) is 0 Å². The Bertz CT molecular complexity index is 1290. The van der Waals surface area contributed by atoms with Crippen LogP contribution in [-0.4, -0.2) is 0 Å². The molecule has 4 aromatic rings. The standard InChI is InChI=1S/C29H26/c1-18-13-15-24(20(3)19(18)2)29-21(4)28(17-23-10-6-8-12-26(23)29)27-16-14-22-9-5-7-11-25(22)27/h5-17,27H,1-4H3. The van der Waals surface area contributed by atoms with E-state index in [9.17, 15) is 0 Å². The van der Waals surface area contributed by atoms with E-state index in [0.717, 1.165) is 0 Å². The molecule has 0 nitrogen and oxygen atoms in total. The monoisotopic (exact) mass is 374 g/mol. The first-order valence-electron chi connectivity index (χ1n) is 10.4. The molecule has 1 aliphatic rings. The van der Waals surface area contributed by atoms with Crippen molar-refractivity contribution in [3.8, 4) is 11.1 Å². The van der Waals surface area contributed by atoms with Gasteiger partial charge in [0.25, 0.3) is 0 Å². The van der Waals surface area contributed by atoms with Gasteiger partial charge < -0.3 is 0 Å². The number of rotatable bonds is 2.